The molecule has 8 aromatic carbocycles. The zero-order chi connectivity index (χ0) is 44.0. The van der Waals surface area contributed by atoms with E-state index >= 15 is 0 Å². The first kappa shape index (κ1) is 41.8. The summed E-state index contributed by atoms with van der Waals surface area (Å²) in [6.45, 7) is 0. The Kier molecular flexibility index (Phi) is 9.97. The van der Waals surface area contributed by atoms with Crippen LogP contribution < -0.4 is 98.3 Å². The summed E-state index contributed by atoms with van der Waals surface area (Å²) in [4.78, 5) is 0. The Morgan fingerprint density at radius 1 is 0.213 bits per heavy atom. The van der Waals surface area contributed by atoms with Gasteiger partial charge in [0.15, 0.2) is 0 Å². The number of rotatable bonds is 3. The van der Waals surface area contributed by atoms with Gasteiger partial charge >= 0.3 is 0 Å². The fourth-order valence-electron chi connectivity index (χ4n) is 8.86. The second-order valence-corrected chi connectivity index (χ2v) is 15.0. The van der Waals surface area contributed by atoms with Crippen LogP contribution in [0.25, 0.3) is 87.6 Å². The molecule has 0 atom stereocenters. The van der Waals surface area contributed by atoms with Gasteiger partial charge in [0.05, 0.1) is 0 Å². The molecule has 1 heterocycles. The Morgan fingerprint density at radius 2 is 0.508 bits per heavy atom. The second-order valence-electron chi connectivity index (χ2n) is 15.0. The minimum absolute atomic E-state index is 0.00641. The first-order valence-electron chi connectivity index (χ1n) is 18.5. The lowest BCUT2D eigenvalue weighted by Crippen LogP contribution is -2.53. The summed E-state index contributed by atoms with van der Waals surface area (Å²) in [5, 5.41) is 3.71. The first-order chi connectivity index (χ1) is 28.8. The zero-order valence-corrected chi connectivity index (χ0v) is 32.4. The molecule has 0 aliphatic carbocycles. The van der Waals surface area contributed by atoms with Crippen molar-refractivity contribution < 1.29 is 4.42 Å². The average molecular weight is 723 g/mol. The van der Waals surface area contributed by atoms with Gasteiger partial charge in [-0.25, -0.2) is 0 Å². The summed E-state index contributed by atoms with van der Waals surface area (Å²) in [5.74, 6) is 0. The molecule has 61 heavy (non-hydrogen) atoms. The Balaban J connectivity index is 1.48. The van der Waals surface area contributed by atoms with Gasteiger partial charge in [-0.3, -0.25) is 0 Å². The summed E-state index contributed by atoms with van der Waals surface area (Å²) < 4.78 is 6.55. The highest BCUT2D eigenvalue weighted by Gasteiger charge is 2.28. The Hall–Kier alpha value is -4.49. The van der Waals surface area contributed by atoms with Gasteiger partial charge in [0.2, 0.25) is 0 Å². The first-order valence-corrected chi connectivity index (χ1v) is 18.5. The third kappa shape index (κ3) is 5.53. The largest absolute Gasteiger partial charge is 0.456 e. The maximum Gasteiger partial charge on any atom is 0.141 e. The van der Waals surface area contributed by atoms with Crippen LogP contribution in [0.2, 0.25) is 0 Å². The number of furan rings is 1. The Morgan fingerprint density at radius 3 is 0.967 bits per heavy atom. The summed E-state index contributed by atoms with van der Waals surface area (Å²) in [5.41, 5.74) is 3.34. The van der Waals surface area contributed by atoms with E-state index in [0.717, 1.165) is 0 Å². The maximum atomic E-state index is 7.30. The van der Waals surface area contributed by atoms with Crippen LogP contribution >= 0.6 is 0 Å². The lowest BCUT2D eigenvalue weighted by atomic mass is 9.56. The standard InChI is InChI=1S/C42H8B18O/c43-23-17(26(46)34(54)27(47)18(23)15-16-19(28(48)33(53)24(15)44)29(49)37(57)36(56)25(16)45)13-9-5-1-3-7-11(9)14(12-8-4-2-6-10(12)13)20-30(50)35(55)31(51)21-22-32(52)38(58)39(59)40(60)42(22)61-41(20)21/h1-8H. The van der Waals surface area contributed by atoms with Crippen LogP contribution in [0.15, 0.2) is 52.9 Å². The normalized spacial score (nSPS) is 11.8. The molecule has 0 bridgehead atoms. The van der Waals surface area contributed by atoms with E-state index < -0.39 is 0 Å². The number of hydrogen-bond donors (Lipinski definition) is 0. The van der Waals surface area contributed by atoms with E-state index in [4.69, 9.17) is 146 Å². The van der Waals surface area contributed by atoms with Gasteiger partial charge in [0.1, 0.15) is 152 Å². The van der Waals surface area contributed by atoms with Crippen LogP contribution in [0, 0.1) is 0 Å². The molecule has 0 aliphatic rings. The summed E-state index contributed by atoms with van der Waals surface area (Å²) in [6.07, 6.45) is 0. The van der Waals surface area contributed by atoms with Crippen molar-refractivity contribution in [1.29, 1.82) is 0 Å². The van der Waals surface area contributed by atoms with Crippen LogP contribution in [0.1, 0.15) is 0 Å². The molecule has 9 aromatic rings. The van der Waals surface area contributed by atoms with Gasteiger partial charge in [-0.2, -0.15) is 0 Å². The van der Waals surface area contributed by atoms with Crippen molar-refractivity contribution in [2.24, 2.45) is 0 Å². The Labute approximate surface area is 378 Å². The van der Waals surface area contributed by atoms with Crippen LogP contribution in [-0.4, -0.2) is 141 Å². The predicted molar refractivity (Wildman–Crippen MR) is 280 cm³/mol. The highest BCUT2D eigenvalue weighted by molar-refractivity contribution is 6.74. The number of fused-ring (bicyclic) bond motifs is 6. The van der Waals surface area contributed by atoms with Crippen LogP contribution in [0.5, 0.6) is 0 Å². The molecule has 0 aliphatic heterocycles. The monoisotopic (exact) mass is 726 g/mol. The van der Waals surface area contributed by atoms with Gasteiger partial charge in [-0.05, 0) is 54.6 Å². The van der Waals surface area contributed by atoms with E-state index in [1.807, 2.05) is 48.5 Å². The van der Waals surface area contributed by atoms with Crippen molar-refractivity contribution >= 4 is 294 Å². The van der Waals surface area contributed by atoms with E-state index in [-0.39, 0.29) is 131 Å². The minimum Gasteiger partial charge on any atom is -0.456 e. The molecule has 1 nitrogen and oxygen atoms in total. The molecule has 1 aromatic heterocycles. The van der Waals surface area contributed by atoms with Gasteiger partial charge in [0, 0.05) is 21.9 Å². The molecular formula is C42H8B18O. The lowest BCUT2D eigenvalue weighted by molar-refractivity contribution is 0.673. The minimum atomic E-state index is -0.0279. The van der Waals surface area contributed by atoms with E-state index in [9.17, 15) is 0 Å². The topological polar surface area (TPSA) is 13.1 Å². The highest BCUT2D eigenvalue weighted by Crippen LogP contribution is 2.45. The van der Waals surface area contributed by atoms with E-state index in [2.05, 4.69) is 0 Å². The molecule has 0 saturated heterocycles. The molecule has 0 saturated carbocycles. The highest BCUT2D eigenvalue weighted by atomic mass is 16.3. The van der Waals surface area contributed by atoms with Crippen LogP contribution in [-0.2, 0) is 0 Å². The Bertz CT molecular complexity index is 3450. The zero-order valence-electron chi connectivity index (χ0n) is 32.4. The summed E-state index contributed by atoms with van der Waals surface area (Å²) in [6, 6.07) is 15.0. The quantitative estimate of drug-likeness (QED) is 0.131. The van der Waals surface area contributed by atoms with Gasteiger partial charge in [0.25, 0.3) is 0 Å². The molecule has 36 radical (unpaired) electrons. The van der Waals surface area contributed by atoms with Crippen molar-refractivity contribution in [2.45, 2.75) is 0 Å². The van der Waals surface area contributed by atoms with Crippen LogP contribution in [0.3, 0.4) is 0 Å². The average Bonchev–Trinajstić information content (AvgIpc) is 3.65. The fraction of sp³-hybridized carbons (Fsp3) is 0. The van der Waals surface area contributed by atoms with Crippen molar-refractivity contribution in [3.63, 3.8) is 0 Å². The smallest absolute Gasteiger partial charge is 0.141 e. The van der Waals surface area contributed by atoms with Gasteiger partial charge in [-0.15, -0.1) is 38.2 Å². The molecule has 0 unspecified atom stereocenters. The third-order valence-electron chi connectivity index (χ3n) is 12.0. The van der Waals surface area contributed by atoms with Crippen molar-refractivity contribution in [1.82, 2.24) is 0 Å². The summed E-state index contributed by atoms with van der Waals surface area (Å²) >= 11 is 0. The molecular weight excluding hydrogens is 715 g/mol. The maximum absolute atomic E-state index is 7.30. The fourth-order valence-corrected chi connectivity index (χ4v) is 8.86. The van der Waals surface area contributed by atoms with Gasteiger partial charge < -0.3 is 4.42 Å². The van der Waals surface area contributed by atoms with Crippen molar-refractivity contribution in [3.8, 4) is 33.4 Å². The van der Waals surface area contributed by atoms with Crippen molar-refractivity contribution in [2.75, 3.05) is 0 Å². The molecule has 236 valence electrons. The second kappa shape index (κ2) is 14.5. The molecule has 0 amide bonds. The van der Waals surface area contributed by atoms with E-state index in [0.29, 0.717) is 54.6 Å². The van der Waals surface area contributed by atoms with E-state index in [1.54, 1.807) is 0 Å². The van der Waals surface area contributed by atoms with Crippen LogP contribution in [0.4, 0.5) is 0 Å². The van der Waals surface area contributed by atoms with E-state index in [1.165, 1.54) is 0 Å². The third-order valence-corrected chi connectivity index (χ3v) is 12.0. The van der Waals surface area contributed by atoms with Crippen molar-refractivity contribution in [3.05, 3.63) is 48.5 Å². The molecule has 0 spiro atoms. The lowest BCUT2D eigenvalue weighted by Gasteiger charge is -2.30. The number of hydrogen-bond acceptors (Lipinski definition) is 1. The number of benzene rings is 8. The molecule has 19 heteroatoms. The molecule has 0 fully saturated rings. The molecule has 0 N–H and O–H groups in total. The SMILES string of the molecule is [B]c1c([B])c(-c2c3ccccc3c(-c3c([B])c([B])c([B])c4c3oc3c([B])c([B])c([B])c([B])c34)c3ccccc23)c([B])c(-c2c([B])c([B])c([B])c3c([B])c([B])c([B])c([B])c23)c1[B]. The van der Waals surface area contributed by atoms with Gasteiger partial charge in [-0.1, -0.05) is 109 Å². The molecule has 9 rings (SSSR count). The summed E-state index contributed by atoms with van der Waals surface area (Å²) in [7, 11) is 120. The predicted octanol–water partition coefficient (Wildman–Crippen LogP) is -9.67.